The fourth-order valence-electron chi connectivity index (χ4n) is 1.87. The fourth-order valence-corrected chi connectivity index (χ4v) is 1.87. The first-order valence-corrected chi connectivity index (χ1v) is 6.24. The standard InChI is InChI=1S/C13H20N2O2/c1-2-14-7-12-8-15-5-3-13(12)17-10-11-4-6-16-9-11/h3,5,8,11,14H,2,4,6-7,9-10H2,1H3. The van der Waals surface area contributed by atoms with E-state index in [1.54, 1.807) is 6.20 Å². The van der Waals surface area contributed by atoms with E-state index >= 15 is 0 Å². The third kappa shape index (κ3) is 3.68. The summed E-state index contributed by atoms with van der Waals surface area (Å²) in [6, 6.07) is 1.93. The van der Waals surface area contributed by atoms with Crippen molar-refractivity contribution in [3.05, 3.63) is 24.0 Å². The minimum Gasteiger partial charge on any atom is -0.493 e. The van der Waals surface area contributed by atoms with Crippen molar-refractivity contribution in [3.63, 3.8) is 0 Å². The number of ether oxygens (including phenoxy) is 2. The third-order valence-electron chi connectivity index (χ3n) is 2.92. The molecule has 1 unspecified atom stereocenters. The molecule has 2 rings (SSSR count). The predicted molar refractivity (Wildman–Crippen MR) is 66.0 cm³/mol. The van der Waals surface area contributed by atoms with Gasteiger partial charge in [-0.15, -0.1) is 0 Å². The molecule has 0 aliphatic carbocycles. The zero-order chi connectivity index (χ0) is 11.9. The first kappa shape index (κ1) is 12.3. The average molecular weight is 236 g/mol. The molecule has 0 bridgehead atoms. The lowest BCUT2D eigenvalue weighted by Crippen LogP contribution is -2.16. The molecular weight excluding hydrogens is 216 g/mol. The van der Waals surface area contributed by atoms with Gasteiger partial charge in [-0.25, -0.2) is 0 Å². The van der Waals surface area contributed by atoms with Gasteiger partial charge in [-0.05, 0) is 19.0 Å². The van der Waals surface area contributed by atoms with Crippen LogP contribution in [0.3, 0.4) is 0 Å². The highest BCUT2D eigenvalue weighted by atomic mass is 16.5. The summed E-state index contributed by atoms with van der Waals surface area (Å²) in [5.74, 6) is 1.47. The van der Waals surface area contributed by atoms with E-state index in [-0.39, 0.29) is 0 Å². The van der Waals surface area contributed by atoms with Gasteiger partial charge in [0, 0.05) is 37.0 Å². The second-order valence-corrected chi connectivity index (χ2v) is 4.30. The highest BCUT2D eigenvalue weighted by Crippen LogP contribution is 2.19. The van der Waals surface area contributed by atoms with Crippen LogP contribution in [0, 0.1) is 5.92 Å². The number of nitrogens with zero attached hydrogens (tertiary/aromatic N) is 1. The summed E-state index contributed by atoms with van der Waals surface area (Å²) in [6.07, 6.45) is 4.74. The lowest BCUT2D eigenvalue weighted by atomic mass is 10.1. The van der Waals surface area contributed by atoms with Gasteiger partial charge in [0.05, 0.1) is 13.2 Å². The van der Waals surface area contributed by atoms with Crippen molar-refractivity contribution in [1.29, 1.82) is 0 Å². The smallest absolute Gasteiger partial charge is 0.126 e. The number of hydrogen-bond donors (Lipinski definition) is 1. The zero-order valence-electron chi connectivity index (χ0n) is 10.3. The Balaban J connectivity index is 1.89. The molecule has 1 aromatic rings. The minimum atomic E-state index is 0.537. The van der Waals surface area contributed by atoms with Gasteiger partial charge in [-0.3, -0.25) is 4.98 Å². The van der Waals surface area contributed by atoms with E-state index in [0.717, 1.165) is 50.6 Å². The molecule has 17 heavy (non-hydrogen) atoms. The minimum absolute atomic E-state index is 0.537. The molecular formula is C13H20N2O2. The Labute approximate surface area is 102 Å². The summed E-state index contributed by atoms with van der Waals surface area (Å²) < 4.78 is 11.2. The highest BCUT2D eigenvalue weighted by molar-refractivity contribution is 5.29. The number of nitrogens with one attached hydrogen (secondary N) is 1. The van der Waals surface area contributed by atoms with Gasteiger partial charge in [-0.1, -0.05) is 6.92 Å². The number of hydrogen-bond acceptors (Lipinski definition) is 4. The average Bonchev–Trinajstić information content (AvgIpc) is 2.88. The largest absolute Gasteiger partial charge is 0.493 e. The second kappa shape index (κ2) is 6.57. The van der Waals surface area contributed by atoms with Gasteiger partial charge in [0.1, 0.15) is 5.75 Å². The molecule has 4 nitrogen and oxygen atoms in total. The third-order valence-corrected chi connectivity index (χ3v) is 2.92. The molecule has 0 aromatic carbocycles. The van der Waals surface area contributed by atoms with Crippen LogP contribution in [0.2, 0.25) is 0 Å². The monoisotopic (exact) mass is 236 g/mol. The first-order chi connectivity index (χ1) is 8.40. The van der Waals surface area contributed by atoms with Crippen molar-refractivity contribution in [1.82, 2.24) is 10.3 Å². The molecule has 1 atom stereocenters. The molecule has 0 amide bonds. The van der Waals surface area contributed by atoms with Crippen LogP contribution >= 0.6 is 0 Å². The Morgan fingerprint density at radius 1 is 1.59 bits per heavy atom. The van der Waals surface area contributed by atoms with Crippen LogP contribution in [-0.2, 0) is 11.3 Å². The molecule has 1 aliphatic rings. The van der Waals surface area contributed by atoms with Crippen LogP contribution in [0.4, 0.5) is 0 Å². The lowest BCUT2D eigenvalue weighted by Gasteiger charge is -2.13. The Morgan fingerprint density at radius 3 is 3.29 bits per heavy atom. The van der Waals surface area contributed by atoms with Gasteiger partial charge in [-0.2, -0.15) is 0 Å². The molecule has 2 heterocycles. The van der Waals surface area contributed by atoms with Crippen molar-refractivity contribution >= 4 is 0 Å². The van der Waals surface area contributed by atoms with E-state index in [9.17, 15) is 0 Å². The maximum absolute atomic E-state index is 5.86. The summed E-state index contributed by atoms with van der Waals surface area (Å²) in [5.41, 5.74) is 1.12. The summed E-state index contributed by atoms with van der Waals surface area (Å²) >= 11 is 0. The Kier molecular flexibility index (Phi) is 4.76. The van der Waals surface area contributed by atoms with E-state index in [1.165, 1.54) is 0 Å². The normalized spacial score (nSPS) is 19.5. The summed E-state index contributed by atoms with van der Waals surface area (Å²) in [5, 5.41) is 3.29. The van der Waals surface area contributed by atoms with E-state index < -0.39 is 0 Å². The van der Waals surface area contributed by atoms with Crippen molar-refractivity contribution < 1.29 is 9.47 Å². The summed E-state index contributed by atoms with van der Waals surface area (Å²) in [6.45, 7) is 6.28. The Hall–Kier alpha value is -1.13. The molecule has 1 aromatic heterocycles. The Morgan fingerprint density at radius 2 is 2.53 bits per heavy atom. The van der Waals surface area contributed by atoms with Crippen LogP contribution in [0.15, 0.2) is 18.5 Å². The molecule has 94 valence electrons. The topological polar surface area (TPSA) is 43.4 Å². The van der Waals surface area contributed by atoms with Gasteiger partial charge < -0.3 is 14.8 Å². The molecule has 0 radical (unpaired) electrons. The SMILES string of the molecule is CCNCc1cnccc1OCC1CCOC1. The Bertz CT molecular complexity index is 338. The van der Waals surface area contributed by atoms with E-state index in [0.29, 0.717) is 5.92 Å². The molecule has 1 N–H and O–H groups in total. The molecule has 1 saturated heterocycles. The summed E-state index contributed by atoms with van der Waals surface area (Å²) in [4.78, 5) is 4.13. The van der Waals surface area contributed by atoms with Gasteiger partial charge in [0.2, 0.25) is 0 Å². The maximum Gasteiger partial charge on any atom is 0.126 e. The van der Waals surface area contributed by atoms with E-state index in [2.05, 4.69) is 17.2 Å². The maximum atomic E-state index is 5.86. The molecule has 1 aliphatic heterocycles. The first-order valence-electron chi connectivity index (χ1n) is 6.24. The number of aromatic nitrogens is 1. The lowest BCUT2D eigenvalue weighted by molar-refractivity contribution is 0.166. The van der Waals surface area contributed by atoms with Crippen LogP contribution in [0.25, 0.3) is 0 Å². The van der Waals surface area contributed by atoms with Gasteiger partial charge in [0.25, 0.3) is 0 Å². The van der Waals surface area contributed by atoms with Crippen LogP contribution < -0.4 is 10.1 Å². The molecule has 4 heteroatoms. The van der Waals surface area contributed by atoms with Crippen molar-refractivity contribution in [2.45, 2.75) is 19.9 Å². The number of rotatable bonds is 6. The molecule has 0 spiro atoms. The van der Waals surface area contributed by atoms with Crippen molar-refractivity contribution in [2.24, 2.45) is 5.92 Å². The number of pyridine rings is 1. The van der Waals surface area contributed by atoms with Gasteiger partial charge >= 0.3 is 0 Å². The van der Waals surface area contributed by atoms with Gasteiger partial charge in [0.15, 0.2) is 0 Å². The van der Waals surface area contributed by atoms with Crippen LogP contribution in [0.1, 0.15) is 18.9 Å². The fraction of sp³-hybridized carbons (Fsp3) is 0.615. The summed E-state index contributed by atoms with van der Waals surface area (Å²) in [7, 11) is 0. The predicted octanol–water partition coefficient (Wildman–Crippen LogP) is 1.61. The van der Waals surface area contributed by atoms with E-state index in [4.69, 9.17) is 9.47 Å². The van der Waals surface area contributed by atoms with Crippen LogP contribution in [0.5, 0.6) is 5.75 Å². The highest BCUT2D eigenvalue weighted by Gasteiger charge is 2.16. The molecule has 1 fully saturated rings. The zero-order valence-corrected chi connectivity index (χ0v) is 10.3. The second-order valence-electron chi connectivity index (χ2n) is 4.30. The van der Waals surface area contributed by atoms with Crippen LogP contribution in [-0.4, -0.2) is 31.3 Å². The van der Waals surface area contributed by atoms with E-state index in [1.807, 2.05) is 12.3 Å². The van der Waals surface area contributed by atoms with Crippen molar-refractivity contribution in [3.8, 4) is 5.75 Å². The van der Waals surface area contributed by atoms with Crippen molar-refractivity contribution in [2.75, 3.05) is 26.4 Å². The molecule has 0 saturated carbocycles. The quantitative estimate of drug-likeness (QED) is 0.815.